The minimum atomic E-state index is -3.89. The lowest BCUT2D eigenvalue weighted by Crippen LogP contribution is -2.48. The van der Waals surface area contributed by atoms with Gasteiger partial charge in [-0.3, -0.25) is 4.79 Å². The van der Waals surface area contributed by atoms with Crippen LogP contribution in [-0.4, -0.2) is 57.3 Å². The second-order valence-corrected chi connectivity index (χ2v) is 13.1. The fourth-order valence-electron chi connectivity index (χ4n) is 5.31. The molecule has 198 valence electrons. The molecule has 2 saturated carbocycles. The van der Waals surface area contributed by atoms with E-state index >= 15 is 0 Å². The molecule has 2 unspecified atom stereocenters. The van der Waals surface area contributed by atoms with Crippen LogP contribution in [0.2, 0.25) is 5.02 Å². The number of hydrogen-bond acceptors (Lipinski definition) is 7. The average Bonchev–Trinajstić information content (AvgIpc) is 3.25. The number of carbonyl (C=O) groups is 1. The minimum absolute atomic E-state index is 0.0282. The fourth-order valence-corrected chi connectivity index (χ4v) is 7.55. The highest BCUT2D eigenvalue weighted by Crippen LogP contribution is 2.40. The van der Waals surface area contributed by atoms with Crippen molar-refractivity contribution in [2.45, 2.75) is 73.2 Å². The normalized spacial score (nSPS) is 22.6. The molecule has 10 nitrogen and oxygen atoms in total. The highest BCUT2D eigenvalue weighted by molar-refractivity contribution is 7.92. The summed E-state index contributed by atoms with van der Waals surface area (Å²) in [4.78, 5) is 15.4. The van der Waals surface area contributed by atoms with Crippen LogP contribution in [0.15, 0.2) is 47.6 Å². The van der Waals surface area contributed by atoms with Crippen LogP contribution in [0.4, 0.5) is 5.82 Å². The van der Waals surface area contributed by atoms with E-state index in [9.17, 15) is 18.5 Å². The predicted octanol–water partition coefficient (Wildman–Crippen LogP) is 3.35. The number of aryl methyl sites for hydroxylation is 1. The average molecular weight is 554 g/mol. The van der Waals surface area contributed by atoms with E-state index in [-0.39, 0.29) is 34.8 Å². The van der Waals surface area contributed by atoms with Gasteiger partial charge in [-0.15, -0.1) is 0 Å². The zero-order valence-electron chi connectivity index (χ0n) is 20.9. The Hall–Kier alpha value is -3.36. The number of nitrogens with zero attached hydrogens (tertiary/aromatic N) is 6. The summed E-state index contributed by atoms with van der Waals surface area (Å²) < 4.78 is 31.4. The van der Waals surface area contributed by atoms with Crippen molar-refractivity contribution in [3.8, 4) is 11.8 Å². The van der Waals surface area contributed by atoms with Crippen LogP contribution in [0.5, 0.6) is 0 Å². The Morgan fingerprint density at radius 1 is 1.26 bits per heavy atom. The highest BCUT2D eigenvalue weighted by atomic mass is 35.5. The maximum atomic E-state index is 13.9. The van der Waals surface area contributed by atoms with Gasteiger partial charge in [0.25, 0.3) is 0 Å². The third-order valence-electron chi connectivity index (χ3n) is 7.87. The van der Waals surface area contributed by atoms with Crippen LogP contribution in [0.25, 0.3) is 5.69 Å². The number of sulfone groups is 1. The maximum Gasteiger partial charge on any atom is 0.244 e. The standard InChI is InChI=1S/C26H28ClN7O3S/c1-17-12-24(34(31-17)18-4-2-5-18)32-15-20(14-22(32)25(35)30-26(16-28)8-9-26)38(36,37)23-7-6-19(13-21(23)27)33-11-3-10-29-33/h3,6-7,10-13,18,20,22H,2,4-5,8-9,14-15H2,1H3,(H,30,35). The lowest BCUT2D eigenvalue weighted by Gasteiger charge is -2.32. The molecule has 0 radical (unpaired) electrons. The van der Waals surface area contributed by atoms with Gasteiger partial charge < -0.3 is 10.2 Å². The van der Waals surface area contributed by atoms with Gasteiger partial charge >= 0.3 is 0 Å². The first-order chi connectivity index (χ1) is 18.2. The lowest BCUT2D eigenvalue weighted by atomic mass is 9.93. The number of amides is 1. The molecule has 3 aliphatic rings. The number of benzene rings is 1. The van der Waals surface area contributed by atoms with Gasteiger partial charge in [-0.1, -0.05) is 11.6 Å². The van der Waals surface area contributed by atoms with Gasteiger partial charge in [0, 0.05) is 25.0 Å². The first kappa shape index (κ1) is 24.9. The number of rotatable bonds is 7. The zero-order valence-corrected chi connectivity index (χ0v) is 22.5. The Balaban J connectivity index is 1.34. The summed E-state index contributed by atoms with van der Waals surface area (Å²) in [6, 6.07) is 10.1. The Labute approximate surface area is 226 Å². The Morgan fingerprint density at radius 3 is 2.66 bits per heavy atom. The van der Waals surface area contributed by atoms with Crippen molar-refractivity contribution in [2.24, 2.45) is 0 Å². The van der Waals surface area contributed by atoms with Crippen LogP contribution in [0, 0.1) is 18.3 Å². The minimum Gasteiger partial charge on any atom is -0.343 e. The van der Waals surface area contributed by atoms with Gasteiger partial charge in [0.15, 0.2) is 9.84 Å². The topological polar surface area (TPSA) is 126 Å². The second kappa shape index (κ2) is 9.13. The predicted molar refractivity (Wildman–Crippen MR) is 141 cm³/mol. The Kier molecular flexibility index (Phi) is 6.00. The monoisotopic (exact) mass is 553 g/mol. The molecule has 0 spiro atoms. The van der Waals surface area contributed by atoms with Gasteiger partial charge in [0.05, 0.1) is 38.7 Å². The second-order valence-electron chi connectivity index (χ2n) is 10.5. The van der Waals surface area contributed by atoms with E-state index in [1.807, 2.05) is 22.6 Å². The summed E-state index contributed by atoms with van der Waals surface area (Å²) in [5, 5.41) is 20.5. The molecule has 1 N–H and O–H groups in total. The van der Waals surface area contributed by atoms with Gasteiger partial charge in [0.1, 0.15) is 17.4 Å². The summed E-state index contributed by atoms with van der Waals surface area (Å²) in [6.45, 7) is 2.02. The van der Waals surface area contributed by atoms with E-state index in [4.69, 9.17) is 11.6 Å². The van der Waals surface area contributed by atoms with Crippen molar-refractivity contribution in [3.05, 3.63) is 53.4 Å². The van der Waals surface area contributed by atoms with E-state index in [0.29, 0.717) is 18.5 Å². The molecule has 2 aromatic heterocycles. The number of nitriles is 1. The van der Waals surface area contributed by atoms with Crippen molar-refractivity contribution in [1.82, 2.24) is 24.9 Å². The van der Waals surface area contributed by atoms with E-state index < -0.39 is 26.7 Å². The van der Waals surface area contributed by atoms with Gasteiger partial charge in [-0.25, -0.2) is 17.8 Å². The van der Waals surface area contributed by atoms with Crippen molar-refractivity contribution in [1.29, 1.82) is 5.26 Å². The molecular formula is C26H28ClN7O3S. The molecule has 12 heteroatoms. The smallest absolute Gasteiger partial charge is 0.244 e. The third kappa shape index (κ3) is 4.25. The molecule has 3 aromatic rings. The van der Waals surface area contributed by atoms with Crippen LogP contribution >= 0.6 is 11.6 Å². The summed E-state index contributed by atoms with van der Waals surface area (Å²) in [6.07, 6.45) is 7.77. The molecular weight excluding hydrogens is 526 g/mol. The summed E-state index contributed by atoms with van der Waals surface area (Å²) in [5.41, 5.74) is 0.607. The van der Waals surface area contributed by atoms with E-state index in [1.54, 1.807) is 35.3 Å². The van der Waals surface area contributed by atoms with Crippen molar-refractivity contribution >= 4 is 33.2 Å². The molecule has 1 aromatic carbocycles. The van der Waals surface area contributed by atoms with Crippen molar-refractivity contribution in [3.63, 3.8) is 0 Å². The maximum absolute atomic E-state index is 13.9. The third-order valence-corrected chi connectivity index (χ3v) is 10.5. The van der Waals surface area contributed by atoms with E-state index in [0.717, 1.165) is 30.8 Å². The molecule has 0 bridgehead atoms. The van der Waals surface area contributed by atoms with E-state index in [1.165, 1.54) is 6.07 Å². The Bertz CT molecular complexity index is 1530. The summed E-state index contributed by atoms with van der Waals surface area (Å²) in [7, 11) is -3.89. The van der Waals surface area contributed by atoms with Crippen LogP contribution in [-0.2, 0) is 14.6 Å². The van der Waals surface area contributed by atoms with Crippen LogP contribution in [0.1, 0.15) is 50.3 Å². The van der Waals surface area contributed by atoms with Crippen LogP contribution < -0.4 is 10.2 Å². The molecule has 1 saturated heterocycles. The van der Waals surface area contributed by atoms with Crippen molar-refractivity contribution < 1.29 is 13.2 Å². The summed E-state index contributed by atoms with van der Waals surface area (Å²) in [5.74, 6) is 0.410. The molecule has 6 rings (SSSR count). The first-order valence-electron chi connectivity index (χ1n) is 12.8. The van der Waals surface area contributed by atoms with Gasteiger partial charge in [0.2, 0.25) is 5.91 Å². The number of anilines is 1. The molecule has 2 aliphatic carbocycles. The number of halogens is 1. The van der Waals surface area contributed by atoms with E-state index in [2.05, 4.69) is 21.6 Å². The SMILES string of the molecule is Cc1cc(N2CC(S(=O)(=O)c3ccc(-n4cccn4)cc3Cl)CC2C(=O)NC2(C#N)CC2)n(C2CCC2)n1. The van der Waals surface area contributed by atoms with Crippen LogP contribution in [0.3, 0.4) is 0 Å². The van der Waals surface area contributed by atoms with Crippen molar-refractivity contribution in [2.75, 3.05) is 11.4 Å². The molecule has 3 fully saturated rings. The molecule has 1 amide bonds. The quantitative estimate of drug-likeness (QED) is 0.475. The molecule has 3 heterocycles. The number of carbonyl (C=O) groups excluding carboxylic acids is 1. The molecule has 1 aliphatic heterocycles. The molecule has 2 atom stereocenters. The highest BCUT2D eigenvalue weighted by Gasteiger charge is 2.50. The lowest BCUT2D eigenvalue weighted by molar-refractivity contribution is -0.122. The number of nitrogens with one attached hydrogen (secondary N) is 1. The number of hydrogen-bond donors (Lipinski definition) is 1. The Morgan fingerprint density at radius 2 is 2.05 bits per heavy atom. The fraction of sp³-hybridized carbons (Fsp3) is 0.462. The molecule has 38 heavy (non-hydrogen) atoms. The van der Waals surface area contributed by atoms with Gasteiger partial charge in [-0.2, -0.15) is 15.5 Å². The largest absolute Gasteiger partial charge is 0.343 e. The number of aromatic nitrogens is 4. The zero-order chi connectivity index (χ0) is 26.7. The first-order valence-corrected chi connectivity index (χ1v) is 14.7. The summed E-state index contributed by atoms with van der Waals surface area (Å²) >= 11 is 6.51. The van der Waals surface area contributed by atoms with Gasteiger partial charge in [-0.05, 0) is 69.7 Å².